The van der Waals surface area contributed by atoms with Crippen LogP contribution in [0.15, 0.2) is 71.7 Å². The van der Waals surface area contributed by atoms with Gasteiger partial charge in [0.15, 0.2) is 0 Å². The molecule has 0 fully saturated rings. The number of alkyl carbamates (subject to hydrolysis) is 1. The minimum absolute atomic E-state index is 0.0396. The molecule has 5 heteroatoms. The minimum atomic E-state index is -0.466. The van der Waals surface area contributed by atoms with E-state index < -0.39 is 6.09 Å². The Kier molecular flexibility index (Phi) is 5.44. The van der Waals surface area contributed by atoms with Crippen molar-refractivity contribution in [3.05, 3.63) is 93.9 Å². The van der Waals surface area contributed by atoms with Crippen LogP contribution in [0.1, 0.15) is 29.0 Å². The third kappa shape index (κ3) is 4.07. The number of aromatic amines is 1. The van der Waals surface area contributed by atoms with E-state index in [1.165, 1.54) is 22.3 Å². The van der Waals surface area contributed by atoms with Crippen LogP contribution >= 0.6 is 0 Å². The van der Waals surface area contributed by atoms with E-state index >= 15 is 0 Å². The van der Waals surface area contributed by atoms with Gasteiger partial charge in [-0.1, -0.05) is 60.4 Å². The van der Waals surface area contributed by atoms with Gasteiger partial charge in [0.05, 0.1) is 5.56 Å². The smallest absolute Gasteiger partial charge is 0.407 e. The second-order valence-electron chi connectivity index (χ2n) is 6.72. The molecule has 1 aliphatic rings. The number of carbonyl (C=O) groups excluding carboxylic acids is 1. The van der Waals surface area contributed by atoms with Crippen molar-refractivity contribution in [2.75, 3.05) is 13.2 Å². The first-order valence-corrected chi connectivity index (χ1v) is 9.49. The summed E-state index contributed by atoms with van der Waals surface area (Å²) < 4.78 is 5.47. The molecular formula is C24H20N2O3. The molecule has 2 N–H and O–H groups in total. The fourth-order valence-corrected chi connectivity index (χ4v) is 3.55. The molecule has 0 saturated heterocycles. The highest BCUT2D eigenvalue weighted by atomic mass is 16.5. The van der Waals surface area contributed by atoms with E-state index in [0.29, 0.717) is 18.5 Å². The highest BCUT2D eigenvalue weighted by Crippen LogP contribution is 2.44. The lowest BCUT2D eigenvalue weighted by atomic mass is 9.98. The molecule has 0 spiro atoms. The quantitative estimate of drug-likeness (QED) is 0.533. The number of pyridine rings is 1. The van der Waals surface area contributed by atoms with Gasteiger partial charge in [-0.15, -0.1) is 0 Å². The van der Waals surface area contributed by atoms with Crippen LogP contribution in [0.25, 0.3) is 11.1 Å². The molecular weight excluding hydrogens is 364 g/mol. The molecule has 0 aliphatic heterocycles. The summed E-state index contributed by atoms with van der Waals surface area (Å²) in [5.74, 6) is 5.72. The maximum atomic E-state index is 12.1. The molecule has 144 valence electrons. The number of carbonyl (C=O) groups is 1. The van der Waals surface area contributed by atoms with Gasteiger partial charge in [-0.05, 0) is 34.4 Å². The van der Waals surface area contributed by atoms with Crippen LogP contribution in [0.4, 0.5) is 4.79 Å². The molecule has 0 bridgehead atoms. The standard InChI is InChI=1S/C24H20N2O3/c27-23-17(9-7-15-25-23)8-5-6-14-26-24(28)29-16-22-20-12-3-1-10-18(20)19-11-2-4-13-21(19)22/h1-4,7,9-13,15,22H,6,14,16H2,(H,25,27)(H,26,28). The maximum Gasteiger partial charge on any atom is 0.407 e. The molecule has 1 heterocycles. The summed E-state index contributed by atoms with van der Waals surface area (Å²) in [5.41, 5.74) is 4.95. The van der Waals surface area contributed by atoms with Crippen LogP contribution in [-0.2, 0) is 4.74 Å². The van der Waals surface area contributed by atoms with Gasteiger partial charge >= 0.3 is 6.09 Å². The highest BCUT2D eigenvalue weighted by molar-refractivity contribution is 5.79. The Labute approximate surface area is 168 Å². The van der Waals surface area contributed by atoms with Gasteiger partial charge in [0.1, 0.15) is 6.61 Å². The largest absolute Gasteiger partial charge is 0.449 e. The van der Waals surface area contributed by atoms with E-state index in [2.05, 4.69) is 46.4 Å². The second kappa shape index (κ2) is 8.49. The number of rotatable bonds is 4. The summed E-state index contributed by atoms with van der Waals surface area (Å²) in [4.78, 5) is 26.2. The fraction of sp³-hybridized carbons (Fsp3) is 0.167. The average molecular weight is 384 g/mol. The highest BCUT2D eigenvalue weighted by Gasteiger charge is 2.28. The summed E-state index contributed by atoms with van der Waals surface area (Å²) >= 11 is 0. The van der Waals surface area contributed by atoms with E-state index in [1.807, 2.05) is 24.3 Å². The SMILES string of the molecule is O=C(NCCC#Cc1ccc[nH]c1=O)OCC1c2ccccc2-c2ccccc21. The van der Waals surface area contributed by atoms with E-state index in [9.17, 15) is 9.59 Å². The van der Waals surface area contributed by atoms with Gasteiger partial charge in [0.25, 0.3) is 5.56 Å². The van der Waals surface area contributed by atoms with Gasteiger partial charge in [-0.3, -0.25) is 4.79 Å². The third-order valence-corrected chi connectivity index (χ3v) is 4.90. The van der Waals surface area contributed by atoms with Crippen molar-refractivity contribution in [1.82, 2.24) is 10.3 Å². The third-order valence-electron chi connectivity index (χ3n) is 4.90. The molecule has 29 heavy (non-hydrogen) atoms. The van der Waals surface area contributed by atoms with Crippen molar-refractivity contribution in [3.8, 4) is 23.0 Å². The zero-order chi connectivity index (χ0) is 20.1. The molecule has 1 amide bonds. The predicted octanol–water partition coefficient (Wildman–Crippen LogP) is 3.66. The molecule has 2 aromatic carbocycles. The molecule has 0 radical (unpaired) electrons. The van der Waals surface area contributed by atoms with Crippen molar-refractivity contribution in [2.24, 2.45) is 0 Å². The maximum absolute atomic E-state index is 12.1. The first-order valence-electron chi connectivity index (χ1n) is 9.49. The molecule has 0 atom stereocenters. The molecule has 0 saturated carbocycles. The van der Waals surface area contributed by atoms with Crippen LogP contribution in [0.5, 0.6) is 0 Å². The first-order chi connectivity index (χ1) is 14.2. The average Bonchev–Trinajstić information content (AvgIpc) is 3.07. The van der Waals surface area contributed by atoms with E-state index in [-0.39, 0.29) is 18.1 Å². The Morgan fingerprint density at radius 2 is 1.69 bits per heavy atom. The Hall–Kier alpha value is -3.78. The monoisotopic (exact) mass is 384 g/mol. The number of benzene rings is 2. The Morgan fingerprint density at radius 3 is 2.38 bits per heavy atom. The van der Waals surface area contributed by atoms with Crippen LogP contribution < -0.4 is 10.9 Å². The Bertz CT molecular complexity index is 1110. The lowest BCUT2D eigenvalue weighted by Gasteiger charge is -2.14. The van der Waals surface area contributed by atoms with Crippen LogP contribution in [0.2, 0.25) is 0 Å². The zero-order valence-electron chi connectivity index (χ0n) is 15.8. The van der Waals surface area contributed by atoms with Gasteiger partial charge < -0.3 is 15.0 Å². The molecule has 0 unspecified atom stereocenters. The molecule has 4 rings (SSSR count). The van der Waals surface area contributed by atoms with Crippen molar-refractivity contribution in [2.45, 2.75) is 12.3 Å². The minimum Gasteiger partial charge on any atom is -0.449 e. The molecule has 1 aromatic heterocycles. The number of hydrogen-bond donors (Lipinski definition) is 2. The van der Waals surface area contributed by atoms with Crippen LogP contribution in [0, 0.1) is 11.8 Å². The van der Waals surface area contributed by atoms with E-state index in [0.717, 1.165) is 0 Å². The number of fused-ring (bicyclic) bond motifs is 3. The van der Waals surface area contributed by atoms with Gasteiger partial charge in [0, 0.05) is 25.1 Å². The number of nitrogens with one attached hydrogen (secondary N) is 2. The summed E-state index contributed by atoms with van der Waals surface area (Å²) in [6.45, 7) is 0.638. The summed E-state index contributed by atoms with van der Waals surface area (Å²) in [5, 5.41) is 2.71. The topological polar surface area (TPSA) is 71.2 Å². The van der Waals surface area contributed by atoms with E-state index in [4.69, 9.17) is 4.74 Å². The molecule has 3 aromatic rings. The first kappa shape index (κ1) is 18.6. The second-order valence-corrected chi connectivity index (χ2v) is 6.72. The summed E-state index contributed by atoms with van der Waals surface area (Å²) in [7, 11) is 0. The number of ether oxygens (including phenoxy) is 1. The number of hydrogen-bond acceptors (Lipinski definition) is 3. The summed E-state index contributed by atoms with van der Waals surface area (Å²) in [6.07, 6.45) is 1.52. The molecule has 1 aliphatic carbocycles. The van der Waals surface area contributed by atoms with Gasteiger partial charge in [0.2, 0.25) is 0 Å². The summed E-state index contributed by atoms with van der Waals surface area (Å²) in [6, 6.07) is 19.8. The van der Waals surface area contributed by atoms with Gasteiger partial charge in [-0.25, -0.2) is 4.79 Å². The van der Waals surface area contributed by atoms with Crippen molar-refractivity contribution >= 4 is 6.09 Å². The van der Waals surface area contributed by atoms with Crippen molar-refractivity contribution in [1.29, 1.82) is 0 Å². The normalized spacial score (nSPS) is 11.7. The van der Waals surface area contributed by atoms with Crippen LogP contribution in [0.3, 0.4) is 0 Å². The molecule has 5 nitrogen and oxygen atoms in total. The van der Waals surface area contributed by atoms with Crippen molar-refractivity contribution < 1.29 is 9.53 Å². The zero-order valence-corrected chi connectivity index (χ0v) is 15.8. The fourth-order valence-electron chi connectivity index (χ4n) is 3.55. The Balaban J connectivity index is 1.31. The number of amides is 1. The lowest BCUT2D eigenvalue weighted by molar-refractivity contribution is 0.143. The Morgan fingerprint density at radius 1 is 1.00 bits per heavy atom. The lowest BCUT2D eigenvalue weighted by Crippen LogP contribution is -2.26. The van der Waals surface area contributed by atoms with Crippen molar-refractivity contribution in [3.63, 3.8) is 0 Å². The predicted molar refractivity (Wildman–Crippen MR) is 112 cm³/mol. The van der Waals surface area contributed by atoms with Gasteiger partial charge in [-0.2, -0.15) is 0 Å². The van der Waals surface area contributed by atoms with E-state index in [1.54, 1.807) is 18.3 Å². The number of aromatic nitrogens is 1. The van der Waals surface area contributed by atoms with Crippen LogP contribution in [-0.4, -0.2) is 24.2 Å². The number of H-pyrrole nitrogens is 1.